The minimum Gasteiger partial charge on any atom is -0.492 e. The molecule has 0 fully saturated rings. The molecule has 0 aliphatic rings. The number of carbonyl (C=O) groups is 1. The van der Waals surface area contributed by atoms with Gasteiger partial charge in [-0.05, 0) is 49.2 Å². The molecule has 0 spiro atoms. The zero-order chi connectivity index (χ0) is 20.6. The Kier molecular flexibility index (Phi) is 7.48. The number of likely N-dealkylation sites (N-methyl/N-ethyl adjacent to an activating group) is 1. The van der Waals surface area contributed by atoms with Gasteiger partial charge in [0.15, 0.2) is 5.78 Å². The van der Waals surface area contributed by atoms with Crippen molar-refractivity contribution < 1.29 is 13.9 Å². The van der Waals surface area contributed by atoms with Crippen LogP contribution in [0.4, 0.5) is 0 Å². The van der Waals surface area contributed by atoms with Crippen molar-refractivity contribution in [1.82, 2.24) is 5.32 Å². The summed E-state index contributed by atoms with van der Waals surface area (Å²) < 4.78 is 12.0. The van der Waals surface area contributed by atoms with Crippen LogP contribution >= 0.6 is 0 Å². The van der Waals surface area contributed by atoms with Gasteiger partial charge < -0.3 is 14.5 Å². The molecule has 0 aliphatic heterocycles. The lowest BCUT2D eigenvalue weighted by molar-refractivity contribution is 0.103. The monoisotopic (exact) mass is 393 g/mol. The summed E-state index contributed by atoms with van der Waals surface area (Å²) in [5.74, 6) is 1.67. The Labute approximate surface area is 173 Å². The van der Waals surface area contributed by atoms with E-state index in [1.54, 1.807) is 0 Å². The van der Waals surface area contributed by atoms with E-state index >= 15 is 0 Å². The van der Waals surface area contributed by atoms with Crippen LogP contribution in [0, 0.1) is 0 Å². The van der Waals surface area contributed by atoms with Crippen LogP contribution in [-0.2, 0) is 12.8 Å². The zero-order valence-corrected chi connectivity index (χ0v) is 17.7. The third-order valence-electron chi connectivity index (χ3n) is 5.14. The highest BCUT2D eigenvalue weighted by Gasteiger charge is 2.22. The number of furan rings is 1. The zero-order valence-electron chi connectivity index (χ0n) is 17.7. The number of carbonyl (C=O) groups excluding carboxylic acids is 1. The summed E-state index contributed by atoms with van der Waals surface area (Å²) in [7, 11) is 0. The molecule has 0 unspecified atom stereocenters. The number of rotatable bonds is 11. The average Bonchev–Trinajstić information content (AvgIpc) is 3.13. The van der Waals surface area contributed by atoms with Gasteiger partial charge in [-0.1, -0.05) is 45.4 Å². The van der Waals surface area contributed by atoms with Crippen molar-refractivity contribution in [2.24, 2.45) is 0 Å². The number of ketones is 1. The molecule has 0 saturated heterocycles. The number of benzene rings is 2. The topological polar surface area (TPSA) is 51.5 Å². The lowest BCUT2D eigenvalue weighted by Crippen LogP contribution is -2.20. The average molecular weight is 394 g/mol. The lowest BCUT2D eigenvalue weighted by atomic mass is 9.96. The van der Waals surface area contributed by atoms with Crippen molar-refractivity contribution in [1.29, 1.82) is 0 Å². The second kappa shape index (κ2) is 10.3. The Bertz CT molecular complexity index is 958. The molecule has 1 N–H and O–H groups in total. The summed E-state index contributed by atoms with van der Waals surface area (Å²) >= 11 is 0. The van der Waals surface area contributed by atoms with Gasteiger partial charge >= 0.3 is 0 Å². The van der Waals surface area contributed by atoms with Crippen molar-refractivity contribution in [3.63, 3.8) is 0 Å². The number of hydrogen-bond acceptors (Lipinski definition) is 4. The second-order valence-corrected chi connectivity index (χ2v) is 7.21. The number of ether oxygens (including phenoxy) is 1. The van der Waals surface area contributed by atoms with Gasteiger partial charge in [-0.3, -0.25) is 4.79 Å². The molecule has 0 saturated carbocycles. The molecule has 0 bridgehead atoms. The number of aryl methyl sites for hydroxylation is 2. The third kappa shape index (κ3) is 4.88. The maximum Gasteiger partial charge on any atom is 0.197 e. The first-order valence-corrected chi connectivity index (χ1v) is 10.7. The van der Waals surface area contributed by atoms with Crippen LogP contribution in [-0.4, -0.2) is 25.5 Å². The van der Waals surface area contributed by atoms with Crippen LogP contribution in [0.2, 0.25) is 0 Å². The molecule has 154 valence electrons. The predicted molar refractivity (Wildman–Crippen MR) is 118 cm³/mol. The Morgan fingerprint density at radius 2 is 1.93 bits per heavy atom. The molecular formula is C25H31NO3. The van der Waals surface area contributed by atoms with Crippen molar-refractivity contribution in [2.45, 2.75) is 46.5 Å². The molecule has 3 aromatic rings. The standard InChI is InChI=1S/C25H31NO3/c1-4-7-11-23-24(20-10-8-9-12-22(20)29-23)25(27)19-13-14-21(18(5-2)17-19)28-16-15-26-6-3/h8-10,12-14,17,26H,4-7,11,15-16H2,1-3H3. The highest BCUT2D eigenvalue weighted by Crippen LogP contribution is 2.30. The van der Waals surface area contributed by atoms with Crippen molar-refractivity contribution in [3.05, 3.63) is 64.9 Å². The van der Waals surface area contributed by atoms with Crippen LogP contribution in [0.5, 0.6) is 5.75 Å². The van der Waals surface area contributed by atoms with E-state index in [4.69, 9.17) is 9.15 Å². The van der Waals surface area contributed by atoms with Crippen molar-refractivity contribution >= 4 is 16.8 Å². The SMILES string of the molecule is CCCCc1oc2ccccc2c1C(=O)c1ccc(OCCNCC)c(CC)c1. The molecule has 4 heteroatoms. The first-order chi connectivity index (χ1) is 14.2. The highest BCUT2D eigenvalue weighted by molar-refractivity contribution is 6.17. The first-order valence-electron chi connectivity index (χ1n) is 10.7. The van der Waals surface area contributed by atoms with Gasteiger partial charge in [0.25, 0.3) is 0 Å². The van der Waals surface area contributed by atoms with Crippen LogP contribution in [0.3, 0.4) is 0 Å². The third-order valence-corrected chi connectivity index (χ3v) is 5.14. The number of unbranched alkanes of at least 4 members (excludes halogenated alkanes) is 1. The molecule has 3 rings (SSSR count). The molecule has 0 atom stereocenters. The predicted octanol–water partition coefficient (Wildman–Crippen LogP) is 5.56. The summed E-state index contributed by atoms with van der Waals surface area (Å²) in [6.45, 7) is 8.65. The molecule has 1 aromatic heterocycles. The van der Waals surface area contributed by atoms with Gasteiger partial charge in [0.2, 0.25) is 0 Å². The molecule has 29 heavy (non-hydrogen) atoms. The molecule has 2 aromatic carbocycles. The molecule has 1 heterocycles. The van der Waals surface area contributed by atoms with Gasteiger partial charge in [0.1, 0.15) is 23.7 Å². The fourth-order valence-electron chi connectivity index (χ4n) is 3.55. The van der Waals surface area contributed by atoms with Crippen LogP contribution < -0.4 is 10.1 Å². The van der Waals surface area contributed by atoms with Gasteiger partial charge in [0.05, 0.1) is 5.56 Å². The molecule has 0 amide bonds. The minimum absolute atomic E-state index is 0.0231. The number of nitrogens with one attached hydrogen (secondary N) is 1. The van der Waals surface area contributed by atoms with E-state index in [0.29, 0.717) is 17.7 Å². The van der Waals surface area contributed by atoms with Crippen molar-refractivity contribution in [2.75, 3.05) is 19.7 Å². The normalized spacial score (nSPS) is 11.1. The number of para-hydroxylation sites is 1. The van der Waals surface area contributed by atoms with Gasteiger partial charge in [-0.15, -0.1) is 0 Å². The Balaban J connectivity index is 1.92. The highest BCUT2D eigenvalue weighted by atomic mass is 16.5. The van der Waals surface area contributed by atoms with Crippen LogP contribution in [0.15, 0.2) is 46.9 Å². The van der Waals surface area contributed by atoms with E-state index in [1.165, 1.54) is 0 Å². The van der Waals surface area contributed by atoms with Crippen LogP contribution in [0.1, 0.15) is 60.9 Å². The fraction of sp³-hybridized carbons (Fsp3) is 0.400. The summed E-state index contributed by atoms with van der Waals surface area (Å²) in [6.07, 6.45) is 3.65. The summed E-state index contributed by atoms with van der Waals surface area (Å²) in [5, 5.41) is 4.15. The molecule has 0 radical (unpaired) electrons. The maximum absolute atomic E-state index is 13.5. The van der Waals surface area contributed by atoms with Gasteiger partial charge in [-0.2, -0.15) is 0 Å². The maximum atomic E-state index is 13.5. The van der Waals surface area contributed by atoms with Crippen molar-refractivity contribution in [3.8, 4) is 5.75 Å². The van der Waals surface area contributed by atoms with E-state index in [1.807, 2.05) is 42.5 Å². The Hall–Kier alpha value is -2.59. The fourth-order valence-corrected chi connectivity index (χ4v) is 3.55. The van der Waals surface area contributed by atoms with Crippen LogP contribution in [0.25, 0.3) is 11.0 Å². The largest absolute Gasteiger partial charge is 0.492 e. The first kappa shape index (κ1) is 21.1. The Morgan fingerprint density at radius 3 is 2.69 bits per heavy atom. The summed E-state index contributed by atoms with van der Waals surface area (Å²) in [5.41, 5.74) is 3.22. The second-order valence-electron chi connectivity index (χ2n) is 7.21. The van der Waals surface area contributed by atoms with E-state index in [-0.39, 0.29) is 5.78 Å². The van der Waals surface area contributed by atoms with E-state index in [9.17, 15) is 4.79 Å². The number of fused-ring (bicyclic) bond motifs is 1. The quantitative estimate of drug-likeness (QED) is 0.342. The van der Waals surface area contributed by atoms with E-state index in [2.05, 4.69) is 26.1 Å². The summed E-state index contributed by atoms with van der Waals surface area (Å²) in [4.78, 5) is 13.5. The molecular weight excluding hydrogens is 362 g/mol. The van der Waals surface area contributed by atoms with Gasteiger partial charge in [0, 0.05) is 23.9 Å². The number of hydrogen-bond donors (Lipinski definition) is 1. The Morgan fingerprint density at radius 1 is 1.10 bits per heavy atom. The molecule has 4 nitrogen and oxygen atoms in total. The van der Waals surface area contributed by atoms with E-state index in [0.717, 1.165) is 66.8 Å². The smallest absolute Gasteiger partial charge is 0.197 e. The summed E-state index contributed by atoms with van der Waals surface area (Å²) in [6, 6.07) is 13.6. The van der Waals surface area contributed by atoms with E-state index < -0.39 is 0 Å². The molecule has 0 aliphatic carbocycles. The van der Waals surface area contributed by atoms with Gasteiger partial charge in [-0.25, -0.2) is 0 Å². The minimum atomic E-state index is 0.0231. The lowest BCUT2D eigenvalue weighted by Gasteiger charge is -2.12.